The number of carbonyl (C=O) groups is 1. The van der Waals surface area contributed by atoms with Gasteiger partial charge in [0, 0.05) is 5.56 Å². The summed E-state index contributed by atoms with van der Waals surface area (Å²) in [7, 11) is 1.38. The van der Waals surface area contributed by atoms with Gasteiger partial charge < -0.3 is 4.74 Å². The molecular weight excluding hydrogens is 216 g/mol. The summed E-state index contributed by atoms with van der Waals surface area (Å²) in [5.41, 5.74) is 4.60. The minimum Gasteiger partial charge on any atom is -0.465 e. The van der Waals surface area contributed by atoms with Crippen LogP contribution >= 0.6 is 0 Å². The molecule has 0 atom stereocenters. The molecule has 1 aromatic carbocycles. The van der Waals surface area contributed by atoms with Crippen molar-refractivity contribution in [3.63, 3.8) is 0 Å². The fourth-order valence-electron chi connectivity index (χ4n) is 1.76. The lowest BCUT2D eigenvalue weighted by Crippen LogP contribution is -2.02. The van der Waals surface area contributed by atoms with E-state index in [-0.39, 0.29) is 5.97 Å². The molecule has 0 saturated carbocycles. The number of nitrogens with one attached hydrogen (secondary N) is 1. The van der Waals surface area contributed by atoms with Crippen molar-refractivity contribution in [3.05, 3.63) is 41.1 Å². The van der Waals surface area contributed by atoms with Crippen LogP contribution in [0.1, 0.15) is 21.5 Å². The Morgan fingerprint density at radius 3 is 2.65 bits per heavy atom. The molecule has 0 unspecified atom stereocenters. The van der Waals surface area contributed by atoms with Gasteiger partial charge in [-0.2, -0.15) is 5.10 Å². The number of aryl methyl sites for hydroxylation is 2. The molecule has 0 saturated heterocycles. The molecule has 0 fully saturated rings. The zero-order valence-electron chi connectivity index (χ0n) is 10.1. The van der Waals surface area contributed by atoms with Gasteiger partial charge in [0.25, 0.3) is 0 Å². The third kappa shape index (κ3) is 2.06. The van der Waals surface area contributed by atoms with Gasteiger partial charge in [0.1, 0.15) is 0 Å². The molecule has 17 heavy (non-hydrogen) atoms. The highest BCUT2D eigenvalue weighted by Crippen LogP contribution is 2.25. The van der Waals surface area contributed by atoms with Crippen molar-refractivity contribution in [2.75, 3.05) is 7.11 Å². The number of esters is 1. The lowest BCUT2D eigenvalue weighted by Gasteiger charge is -2.07. The first kappa shape index (κ1) is 11.4. The van der Waals surface area contributed by atoms with E-state index >= 15 is 0 Å². The molecule has 1 heterocycles. The average Bonchev–Trinajstić information content (AvgIpc) is 2.75. The van der Waals surface area contributed by atoms with Crippen molar-refractivity contribution >= 4 is 5.97 Å². The van der Waals surface area contributed by atoms with Gasteiger partial charge in [-0.1, -0.05) is 6.07 Å². The summed E-state index contributed by atoms with van der Waals surface area (Å²) in [5.74, 6) is -0.330. The average molecular weight is 230 g/mol. The zero-order chi connectivity index (χ0) is 12.4. The zero-order valence-corrected chi connectivity index (χ0v) is 10.1. The van der Waals surface area contributed by atoms with E-state index in [4.69, 9.17) is 4.74 Å². The maximum absolute atomic E-state index is 11.5. The van der Waals surface area contributed by atoms with Gasteiger partial charge in [0.05, 0.1) is 24.6 Å². The second-order valence-electron chi connectivity index (χ2n) is 3.95. The van der Waals surface area contributed by atoms with Crippen LogP contribution in [-0.2, 0) is 4.74 Å². The molecule has 1 aromatic heterocycles. The molecule has 0 radical (unpaired) electrons. The van der Waals surface area contributed by atoms with Gasteiger partial charge >= 0.3 is 5.97 Å². The van der Waals surface area contributed by atoms with E-state index < -0.39 is 0 Å². The summed E-state index contributed by atoms with van der Waals surface area (Å²) in [5, 5.41) is 6.94. The molecule has 0 aliphatic carbocycles. The number of carbonyl (C=O) groups excluding carboxylic acids is 1. The fourth-order valence-corrected chi connectivity index (χ4v) is 1.76. The van der Waals surface area contributed by atoms with Crippen molar-refractivity contribution in [3.8, 4) is 11.3 Å². The molecular formula is C13H14N2O2. The van der Waals surface area contributed by atoms with Gasteiger partial charge in [-0.25, -0.2) is 4.79 Å². The van der Waals surface area contributed by atoms with Crippen LogP contribution in [0.15, 0.2) is 24.4 Å². The summed E-state index contributed by atoms with van der Waals surface area (Å²) in [6.45, 7) is 3.97. The Hall–Kier alpha value is -2.10. The number of ether oxygens (including phenoxy) is 1. The number of hydrogen-bond acceptors (Lipinski definition) is 3. The van der Waals surface area contributed by atoms with Crippen LogP contribution in [0, 0.1) is 13.8 Å². The largest absolute Gasteiger partial charge is 0.465 e. The number of H-pyrrole nitrogens is 1. The topological polar surface area (TPSA) is 55.0 Å². The van der Waals surface area contributed by atoms with E-state index in [0.717, 1.165) is 22.4 Å². The van der Waals surface area contributed by atoms with Gasteiger partial charge in [-0.05, 0) is 37.1 Å². The molecule has 2 rings (SSSR count). The normalized spacial score (nSPS) is 10.3. The smallest absolute Gasteiger partial charge is 0.337 e. The first-order valence-electron chi connectivity index (χ1n) is 5.33. The molecule has 0 amide bonds. The minimum absolute atomic E-state index is 0.330. The van der Waals surface area contributed by atoms with Gasteiger partial charge in [0.15, 0.2) is 0 Å². The van der Waals surface area contributed by atoms with Crippen molar-refractivity contribution in [2.45, 2.75) is 13.8 Å². The third-order valence-corrected chi connectivity index (χ3v) is 2.76. The second kappa shape index (κ2) is 4.41. The molecule has 0 bridgehead atoms. The molecule has 0 spiro atoms. The highest BCUT2D eigenvalue weighted by atomic mass is 16.5. The van der Waals surface area contributed by atoms with Crippen molar-refractivity contribution in [2.24, 2.45) is 0 Å². The Balaban J connectivity index is 2.54. The number of nitrogens with zero attached hydrogens (tertiary/aromatic N) is 1. The van der Waals surface area contributed by atoms with Crippen molar-refractivity contribution in [1.29, 1.82) is 0 Å². The first-order chi connectivity index (χ1) is 8.13. The quantitative estimate of drug-likeness (QED) is 0.806. The highest BCUT2D eigenvalue weighted by molar-refractivity contribution is 5.91. The third-order valence-electron chi connectivity index (χ3n) is 2.76. The maximum Gasteiger partial charge on any atom is 0.337 e. The Bertz CT molecular complexity index is 558. The number of hydrogen-bond donors (Lipinski definition) is 1. The van der Waals surface area contributed by atoms with Gasteiger partial charge in [-0.3, -0.25) is 5.10 Å². The highest BCUT2D eigenvalue weighted by Gasteiger charge is 2.11. The SMILES string of the molecule is COC(=O)c1ccc(C)c(-c2[nH]ncc2C)c1. The van der Waals surface area contributed by atoms with Gasteiger partial charge in [0.2, 0.25) is 0 Å². The van der Waals surface area contributed by atoms with Crippen LogP contribution in [0.25, 0.3) is 11.3 Å². The molecule has 1 N–H and O–H groups in total. The van der Waals surface area contributed by atoms with Crippen LogP contribution in [0.2, 0.25) is 0 Å². The molecule has 0 aliphatic rings. The molecule has 4 heteroatoms. The lowest BCUT2D eigenvalue weighted by atomic mass is 10.0. The minimum atomic E-state index is -0.330. The fraction of sp³-hybridized carbons (Fsp3) is 0.231. The summed E-state index contributed by atoms with van der Waals surface area (Å²) in [6, 6.07) is 5.49. The first-order valence-corrected chi connectivity index (χ1v) is 5.33. The molecule has 2 aromatic rings. The Morgan fingerprint density at radius 2 is 2.06 bits per heavy atom. The summed E-state index contributed by atoms with van der Waals surface area (Å²) in [6.07, 6.45) is 1.76. The van der Waals surface area contributed by atoms with Crippen LogP contribution in [0.4, 0.5) is 0 Å². The van der Waals surface area contributed by atoms with Crippen LogP contribution < -0.4 is 0 Å². The van der Waals surface area contributed by atoms with E-state index in [1.165, 1.54) is 7.11 Å². The Kier molecular flexibility index (Phi) is 2.95. The van der Waals surface area contributed by atoms with Crippen molar-refractivity contribution < 1.29 is 9.53 Å². The monoisotopic (exact) mass is 230 g/mol. The number of methoxy groups -OCH3 is 1. The van der Waals surface area contributed by atoms with E-state index in [9.17, 15) is 4.79 Å². The standard InChI is InChI=1S/C13H14N2O2/c1-8-4-5-10(13(16)17-3)6-11(8)12-9(2)7-14-15-12/h4-7H,1-3H3,(H,14,15). The molecule has 4 nitrogen and oxygen atoms in total. The van der Waals surface area contributed by atoms with Gasteiger partial charge in [-0.15, -0.1) is 0 Å². The van der Waals surface area contributed by atoms with Crippen LogP contribution in [0.5, 0.6) is 0 Å². The Labute approximate surface area is 99.6 Å². The Morgan fingerprint density at radius 1 is 1.29 bits per heavy atom. The predicted molar refractivity (Wildman–Crippen MR) is 64.8 cm³/mol. The number of aromatic amines is 1. The number of aromatic nitrogens is 2. The lowest BCUT2D eigenvalue weighted by molar-refractivity contribution is 0.0601. The van der Waals surface area contributed by atoms with E-state index in [1.807, 2.05) is 26.0 Å². The van der Waals surface area contributed by atoms with Crippen LogP contribution in [0.3, 0.4) is 0 Å². The maximum atomic E-state index is 11.5. The summed E-state index contributed by atoms with van der Waals surface area (Å²) in [4.78, 5) is 11.5. The predicted octanol–water partition coefficient (Wildman–Crippen LogP) is 2.48. The van der Waals surface area contributed by atoms with E-state index in [1.54, 1.807) is 12.3 Å². The summed E-state index contributed by atoms with van der Waals surface area (Å²) >= 11 is 0. The second-order valence-corrected chi connectivity index (χ2v) is 3.95. The van der Waals surface area contributed by atoms with E-state index in [0.29, 0.717) is 5.56 Å². The van der Waals surface area contributed by atoms with Crippen molar-refractivity contribution in [1.82, 2.24) is 10.2 Å². The number of benzene rings is 1. The summed E-state index contributed by atoms with van der Waals surface area (Å²) < 4.78 is 4.71. The molecule has 0 aliphatic heterocycles. The molecule has 88 valence electrons. The van der Waals surface area contributed by atoms with Crippen LogP contribution in [-0.4, -0.2) is 23.3 Å². The number of rotatable bonds is 2. The van der Waals surface area contributed by atoms with E-state index in [2.05, 4.69) is 10.2 Å².